The van der Waals surface area contributed by atoms with E-state index in [1.807, 2.05) is 24.3 Å². The third-order valence-corrected chi connectivity index (χ3v) is 6.53. The average molecular weight is 360 g/mol. The number of hydrogen-bond acceptors (Lipinski definition) is 4. The second-order valence-electron chi connectivity index (χ2n) is 6.46. The van der Waals surface area contributed by atoms with Gasteiger partial charge in [0.1, 0.15) is 5.75 Å². The van der Waals surface area contributed by atoms with Crippen LogP contribution in [-0.4, -0.2) is 32.9 Å². The van der Waals surface area contributed by atoms with Gasteiger partial charge in [0.2, 0.25) is 10.0 Å². The predicted molar refractivity (Wildman–Crippen MR) is 99.9 cm³/mol. The molecular weight excluding hydrogens is 336 g/mol. The molecular formula is C19H24N2O3S. The molecule has 25 heavy (non-hydrogen) atoms. The molecule has 0 saturated carbocycles. The molecule has 1 saturated heterocycles. The number of sulfonamides is 1. The molecule has 1 heterocycles. The molecule has 0 spiro atoms. The van der Waals surface area contributed by atoms with Crippen molar-refractivity contribution in [1.82, 2.24) is 4.31 Å². The number of nitrogens with zero attached hydrogens (tertiary/aromatic N) is 1. The minimum Gasteiger partial charge on any atom is -0.497 e. The summed E-state index contributed by atoms with van der Waals surface area (Å²) < 4.78 is 32.2. The fourth-order valence-electron chi connectivity index (χ4n) is 2.93. The zero-order chi connectivity index (χ0) is 17.9. The van der Waals surface area contributed by atoms with Crippen LogP contribution >= 0.6 is 0 Å². The molecule has 1 aliphatic rings. The van der Waals surface area contributed by atoms with Crippen molar-refractivity contribution >= 4 is 21.4 Å². The number of benzene rings is 2. The fourth-order valence-corrected chi connectivity index (χ4v) is 4.40. The van der Waals surface area contributed by atoms with E-state index in [4.69, 9.17) is 4.74 Å². The van der Waals surface area contributed by atoms with Gasteiger partial charge in [-0.05, 0) is 67.3 Å². The molecule has 0 amide bonds. The highest BCUT2D eigenvalue weighted by molar-refractivity contribution is 7.89. The molecule has 3 rings (SSSR count). The molecule has 1 fully saturated rings. The lowest BCUT2D eigenvalue weighted by Crippen LogP contribution is -2.37. The van der Waals surface area contributed by atoms with Gasteiger partial charge in [0.15, 0.2) is 0 Å². The fraction of sp³-hybridized carbons (Fsp3) is 0.368. The van der Waals surface area contributed by atoms with Crippen molar-refractivity contribution in [2.24, 2.45) is 5.92 Å². The van der Waals surface area contributed by atoms with E-state index in [0.29, 0.717) is 23.9 Å². The first-order valence-corrected chi connectivity index (χ1v) is 9.94. The predicted octanol–water partition coefficient (Wildman–Crippen LogP) is 3.86. The summed E-state index contributed by atoms with van der Waals surface area (Å²) in [5.41, 5.74) is 1.76. The maximum Gasteiger partial charge on any atom is 0.243 e. The Labute approximate surface area is 149 Å². The molecule has 0 bridgehead atoms. The summed E-state index contributed by atoms with van der Waals surface area (Å²) in [5, 5.41) is 3.26. The molecule has 1 aliphatic heterocycles. The van der Waals surface area contributed by atoms with E-state index < -0.39 is 10.0 Å². The summed E-state index contributed by atoms with van der Waals surface area (Å²) in [7, 11) is -1.77. The minimum atomic E-state index is -3.40. The van der Waals surface area contributed by atoms with E-state index in [-0.39, 0.29) is 0 Å². The van der Waals surface area contributed by atoms with Crippen LogP contribution in [0.4, 0.5) is 11.4 Å². The summed E-state index contributed by atoms with van der Waals surface area (Å²) in [6, 6.07) is 14.5. The number of nitrogens with one attached hydrogen (secondary N) is 1. The van der Waals surface area contributed by atoms with Crippen LogP contribution in [0.1, 0.15) is 19.8 Å². The van der Waals surface area contributed by atoms with Crippen LogP contribution in [0.25, 0.3) is 0 Å². The van der Waals surface area contributed by atoms with Gasteiger partial charge in [-0.1, -0.05) is 6.92 Å². The van der Waals surface area contributed by atoms with Gasteiger partial charge in [0.05, 0.1) is 12.0 Å². The Morgan fingerprint density at radius 3 is 2.00 bits per heavy atom. The van der Waals surface area contributed by atoms with Crippen molar-refractivity contribution < 1.29 is 13.2 Å². The Balaban J connectivity index is 1.70. The Bertz CT molecular complexity index is 794. The Kier molecular flexibility index (Phi) is 5.30. The van der Waals surface area contributed by atoms with Gasteiger partial charge in [-0.15, -0.1) is 0 Å². The maximum atomic E-state index is 12.7. The number of methoxy groups -OCH3 is 1. The molecule has 0 radical (unpaired) electrons. The van der Waals surface area contributed by atoms with Crippen LogP contribution in [0, 0.1) is 5.92 Å². The van der Waals surface area contributed by atoms with Gasteiger partial charge >= 0.3 is 0 Å². The maximum absolute atomic E-state index is 12.7. The minimum absolute atomic E-state index is 0.349. The summed E-state index contributed by atoms with van der Waals surface area (Å²) in [4.78, 5) is 0.349. The number of piperidine rings is 1. The zero-order valence-corrected chi connectivity index (χ0v) is 15.4. The van der Waals surface area contributed by atoms with E-state index >= 15 is 0 Å². The van der Waals surface area contributed by atoms with Gasteiger partial charge in [-0.25, -0.2) is 8.42 Å². The summed E-state index contributed by atoms with van der Waals surface area (Å²) in [5.74, 6) is 1.39. The number of anilines is 2. The van der Waals surface area contributed by atoms with E-state index in [1.54, 1.807) is 35.7 Å². The van der Waals surface area contributed by atoms with Gasteiger partial charge in [0, 0.05) is 24.5 Å². The van der Waals surface area contributed by atoms with Crippen molar-refractivity contribution in [3.63, 3.8) is 0 Å². The quantitative estimate of drug-likeness (QED) is 0.880. The molecule has 0 unspecified atom stereocenters. The summed E-state index contributed by atoms with van der Waals surface area (Å²) >= 11 is 0. The Morgan fingerprint density at radius 1 is 0.960 bits per heavy atom. The first kappa shape index (κ1) is 17.8. The van der Waals surface area contributed by atoms with Crippen molar-refractivity contribution in [1.29, 1.82) is 0 Å². The number of ether oxygens (including phenoxy) is 1. The van der Waals surface area contributed by atoms with Crippen LogP contribution in [0.5, 0.6) is 5.75 Å². The SMILES string of the molecule is COc1ccc(Nc2ccc(S(=O)(=O)N3CCC(C)CC3)cc2)cc1. The van der Waals surface area contributed by atoms with Gasteiger partial charge < -0.3 is 10.1 Å². The third-order valence-electron chi connectivity index (χ3n) is 4.61. The first-order chi connectivity index (χ1) is 12.0. The summed E-state index contributed by atoms with van der Waals surface area (Å²) in [6.07, 6.45) is 1.85. The van der Waals surface area contributed by atoms with Crippen molar-refractivity contribution in [3.05, 3.63) is 48.5 Å². The van der Waals surface area contributed by atoms with Crippen LogP contribution in [0.2, 0.25) is 0 Å². The van der Waals surface area contributed by atoms with E-state index in [1.165, 1.54) is 0 Å². The first-order valence-electron chi connectivity index (χ1n) is 8.50. The molecule has 0 atom stereocenters. The second kappa shape index (κ2) is 7.45. The zero-order valence-electron chi connectivity index (χ0n) is 14.6. The Hall–Kier alpha value is -2.05. The number of hydrogen-bond donors (Lipinski definition) is 1. The smallest absolute Gasteiger partial charge is 0.243 e. The van der Waals surface area contributed by atoms with Crippen LogP contribution in [-0.2, 0) is 10.0 Å². The number of rotatable bonds is 5. The molecule has 0 aromatic heterocycles. The van der Waals surface area contributed by atoms with E-state index in [9.17, 15) is 8.42 Å². The van der Waals surface area contributed by atoms with Crippen LogP contribution in [0.3, 0.4) is 0 Å². The highest BCUT2D eigenvalue weighted by Crippen LogP contribution is 2.25. The normalized spacial score (nSPS) is 16.6. The topological polar surface area (TPSA) is 58.6 Å². The highest BCUT2D eigenvalue weighted by atomic mass is 32.2. The van der Waals surface area contributed by atoms with Crippen LogP contribution < -0.4 is 10.1 Å². The monoisotopic (exact) mass is 360 g/mol. The average Bonchev–Trinajstić information content (AvgIpc) is 2.63. The lowest BCUT2D eigenvalue weighted by atomic mass is 10.0. The standard InChI is InChI=1S/C19H24N2O3S/c1-15-11-13-21(14-12-15)25(22,23)19-9-5-17(6-10-19)20-16-3-7-18(24-2)8-4-16/h3-10,15,20H,11-14H2,1-2H3. The molecule has 5 nitrogen and oxygen atoms in total. The second-order valence-corrected chi connectivity index (χ2v) is 8.40. The highest BCUT2D eigenvalue weighted by Gasteiger charge is 2.27. The molecule has 1 N–H and O–H groups in total. The van der Waals surface area contributed by atoms with Crippen molar-refractivity contribution in [3.8, 4) is 5.75 Å². The Morgan fingerprint density at radius 2 is 1.48 bits per heavy atom. The van der Waals surface area contributed by atoms with E-state index in [2.05, 4.69) is 12.2 Å². The molecule has 2 aromatic rings. The lowest BCUT2D eigenvalue weighted by Gasteiger charge is -2.29. The van der Waals surface area contributed by atoms with Crippen molar-refractivity contribution in [2.45, 2.75) is 24.7 Å². The van der Waals surface area contributed by atoms with E-state index in [0.717, 1.165) is 30.0 Å². The summed E-state index contributed by atoms with van der Waals surface area (Å²) in [6.45, 7) is 3.38. The van der Waals surface area contributed by atoms with Gasteiger partial charge in [-0.3, -0.25) is 0 Å². The van der Waals surface area contributed by atoms with Crippen LogP contribution in [0.15, 0.2) is 53.4 Å². The van der Waals surface area contributed by atoms with Gasteiger partial charge in [0.25, 0.3) is 0 Å². The molecule has 6 heteroatoms. The molecule has 2 aromatic carbocycles. The largest absolute Gasteiger partial charge is 0.497 e. The molecule has 0 aliphatic carbocycles. The third kappa shape index (κ3) is 4.14. The lowest BCUT2D eigenvalue weighted by molar-refractivity contribution is 0.288. The van der Waals surface area contributed by atoms with Gasteiger partial charge in [-0.2, -0.15) is 4.31 Å². The van der Waals surface area contributed by atoms with Crippen molar-refractivity contribution in [2.75, 3.05) is 25.5 Å². The molecule has 134 valence electrons.